The van der Waals surface area contributed by atoms with Crippen LogP contribution >= 0.6 is 0 Å². The van der Waals surface area contributed by atoms with Crippen molar-refractivity contribution in [3.8, 4) is 5.75 Å². The number of carbonyl (C=O) groups is 1. The predicted molar refractivity (Wildman–Crippen MR) is 93.4 cm³/mol. The summed E-state index contributed by atoms with van der Waals surface area (Å²) in [6, 6.07) is 11.4. The van der Waals surface area contributed by atoms with Crippen LogP contribution in [0.4, 0.5) is 10.6 Å². The number of hydrogen-bond acceptors (Lipinski definition) is 4. The number of fused-ring (bicyclic) bond motifs is 1. The van der Waals surface area contributed by atoms with E-state index in [1.54, 1.807) is 0 Å². The summed E-state index contributed by atoms with van der Waals surface area (Å²) in [4.78, 5) is 18.6. The van der Waals surface area contributed by atoms with Gasteiger partial charge in [-0.15, -0.1) is 0 Å². The molecule has 1 aliphatic rings. The second kappa shape index (κ2) is 6.78. The fraction of sp³-hybridized carbons (Fsp3) is 0.333. The van der Waals surface area contributed by atoms with Crippen LogP contribution in [0, 0.1) is 6.92 Å². The minimum absolute atomic E-state index is 0.124. The number of carbonyl (C=O) groups excluding carboxylic acids is 1. The van der Waals surface area contributed by atoms with Crippen LogP contribution in [0.5, 0.6) is 5.75 Å². The number of nitrogens with one attached hydrogen (secondary N) is 2. The van der Waals surface area contributed by atoms with Gasteiger partial charge in [0, 0.05) is 19.7 Å². The van der Waals surface area contributed by atoms with Crippen LogP contribution in [-0.4, -0.2) is 31.7 Å². The van der Waals surface area contributed by atoms with Crippen LogP contribution in [0.2, 0.25) is 0 Å². The molecule has 0 fully saturated rings. The lowest BCUT2D eigenvalue weighted by atomic mass is 10.1. The Morgan fingerprint density at radius 2 is 2.17 bits per heavy atom. The SMILES string of the molecule is Cc1ccc2c(c1)[C@@H](NC(=O)NCc1cccc(N(C)C)n1)CO2. The van der Waals surface area contributed by atoms with Gasteiger partial charge in [0.05, 0.1) is 18.3 Å². The van der Waals surface area contributed by atoms with Crippen LogP contribution < -0.4 is 20.3 Å². The standard InChI is InChI=1S/C18H22N4O2/c1-12-7-8-16-14(9-12)15(11-24-16)21-18(23)19-10-13-5-4-6-17(20-13)22(2)3/h4-9,15H,10-11H2,1-3H3,(H2,19,21,23)/t15-/m0/s1. The molecule has 0 unspecified atom stereocenters. The molecule has 1 atom stereocenters. The van der Waals surface area contributed by atoms with E-state index < -0.39 is 0 Å². The number of rotatable bonds is 4. The number of urea groups is 1. The lowest BCUT2D eigenvalue weighted by Crippen LogP contribution is -2.38. The monoisotopic (exact) mass is 326 g/mol. The zero-order valence-electron chi connectivity index (χ0n) is 14.2. The summed E-state index contributed by atoms with van der Waals surface area (Å²) in [6.45, 7) is 2.86. The smallest absolute Gasteiger partial charge is 0.315 e. The van der Waals surface area contributed by atoms with Gasteiger partial charge in [0.15, 0.2) is 0 Å². The largest absolute Gasteiger partial charge is 0.491 e. The van der Waals surface area contributed by atoms with E-state index in [1.807, 2.05) is 56.3 Å². The molecule has 0 bridgehead atoms. The lowest BCUT2D eigenvalue weighted by Gasteiger charge is -2.14. The molecule has 2 aromatic rings. The fourth-order valence-electron chi connectivity index (χ4n) is 2.65. The summed E-state index contributed by atoms with van der Waals surface area (Å²) < 4.78 is 5.61. The van der Waals surface area contributed by atoms with E-state index in [-0.39, 0.29) is 12.1 Å². The van der Waals surface area contributed by atoms with Crippen molar-refractivity contribution in [2.75, 3.05) is 25.6 Å². The van der Waals surface area contributed by atoms with Gasteiger partial charge in [0.2, 0.25) is 0 Å². The molecule has 1 aliphatic heterocycles. The van der Waals surface area contributed by atoms with Gasteiger partial charge in [-0.3, -0.25) is 0 Å². The number of nitrogens with zero attached hydrogens (tertiary/aromatic N) is 2. The Labute approximate surface area is 141 Å². The molecule has 6 nitrogen and oxygen atoms in total. The van der Waals surface area contributed by atoms with E-state index in [1.165, 1.54) is 0 Å². The molecule has 0 spiro atoms. The molecule has 2 heterocycles. The van der Waals surface area contributed by atoms with Crippen LogP contribution in [0.25, 0.3) is 0 Å². The Balaban J connectivity index is 1.58. The number of aromatic nitrogens is 1. The van der Waals surface area contributed by atoms with Gasteiger partial charge in [-0.25, -0.2) is 9.78 Å². The molecular formula is C18H22N4O2. The molecule has 1 aromatic heterocycles. The first kappa shape index (κ1) is 16.1. The van der Waals surface area contributed by atoms with Crippen molar-refractivity contribution in [2.24, 2.45) is 0 Å². The predicted octanol–water partition coefficient (Wildman–Crippen LogP) is 2.39. The Hall–Kier alpha value is -2.76. The minimum atomic E-state index is -0.227. The molecule has 1 aromatic carbocycles. The Kier molecular flexibility index (Phi) is 4.55. The van der Waals surface area contributed by atoms with Crippen molar-refractivity contribution in [2.45, 2.75) is 19.5 Å². The summed E-state index contributed by atoms with van der Waals surface area (Å²) in [5.41, 5.74) is 2.99. The number of hydrogen-bond donors (Lipinski definition) is 2. The van der Waals surface area contributed by atoms with Gasteiger partial charge < -0.3 is 20.3 Å². The Bertz CT molecular complexity index is 746. The maximum atomic E-state index is 12.2. The molecule has 24 heavy (non-hydrogen) atoms. The normalized spacial score (nSPS) is 15.4. The van der Waals surface area contributed by atoms with Crippen molar-refractivity contribution in [3.05, 3.63) is 53.2 Å². The maximum absolute atomic E-state index is 12.2. The van der Waals surface area contributed by atoms with Gasteiger partial charge in [-0.2, -0.15) is 0 Å². The highest BCUT2D eigenvalue weighted by Crippen LogP contribution is 2.32. The molecule has 0 saturated heterocycles. The van der Waals surface area contributed by atoms with Crippen molar-refractivity contribution in [1.82, 2.24) is 15.6 Å². The number of ether oxygens (including phenoxy) is 1. The highest BCUT2D eigenvalue weighted by molar-refractivity contribution is 5.74. The van der Waals surface area contributed by atoms with Crippen LogP contribution in [-0.2, 0) is 6.54 Å². The van der Waals surface area contributed by atoms with Crippen LogP contribution in [0.15, 0.2) is 36.4 Å². The summed E-state index contributed by atoms with van der Waals surface area (Å²) in [5, 5.41) is 5.81. The zero-order chi connectivity index (χ0) is 17.1. The molecule has 0 aliphatic carbocycles. The number of amides is 2. The second-order valence-electron chi connectivity index (χ2n) is 6.11. The van der Waals surface area contributed by atoms with E-state index in [0.717, 1.165) is 28.4 Å². The van der Waals surface area contributed by atoms with Gasteiger partial charge in [0.25, 0.3) is 0 Å². The van der Waals surface area contributed by atoms with Gasteiger partial charge in [-0.05, 0) is 25.1 Å². The second-order valence-corrected chi connectivity index (χ2v) is 6.11. The molecule has 2 N–H and O–H groups in total. The average Bonchev–Trinajstić information content (AvgIpc) is 2.95. The zero-order valence-corrected chi connectivity index (χ0v) is 14.2. The van der Waals surface area contributed by atoms with Crippen molar-refractivity contribution >= 4 is 11.8 Å². The quantitative estimate of drug-likeness (QED) is 0.905. The highest BCUT2D eigenvalue weighted by atomic mass is 16.5. The van der Waals surface area contributed by atoms with E-state index in [2.05, 4.69) is 21.7 Å². The lowest BCUT2D eigenvalue weighted by molar-refractivity contribution is 0.231. The van der Waals surface area contributed by atoms with Gasteiger partial charge >= 0.3 is 6.03 Å². The third-order valence-electron chi connectivity index (χ3n) is 3.93. The molecule has 6 heteroatoms. The van der Waals surface area contributed by atoms with E-state index >= 15 is 0 Å². The topological polar surface area (TPSA) is 66.5 Å². The maximum Gasteiger partial charge on any atom is 0.315 e. The van der Waals surface area contributed by atoms with Gasteiger partial charge in [-0.1, -0.05) is 23.8 Å². The first-order valence-corrected chi connectivity index (χ1v) is 7.94. The van der Waals surface area contributed by atoms with Gasteiger partial charge in [0.1, 0.15) is 18.2 Å². The first-order chi connectivity index (χ1) is 11.5. The molecule has 126 valence electrons. The van der Waals surface area contributed by atoms with Crippen LogP contribution in [0.1, 0.15) is 22.9 Å². The fourth-order valence-corrected chi connectivity index (χ4v) is 2.65. The summed E-state index contributed by atoms with van der Waals surface area (Å²) >= 11 is 0. The third kappa shape index (κ3) is 3.59. The summed E-state index contributed by atoms with van der Waals surface area (Å²) in [6.07, 6.45) is 0. The average molecular weight is 326 g/mol. The van der Waals surface area contributed by atoms with Crippen LogP contribution in [0.3, 0.4) is 0 Å². The van der Waals surface area contributed by atoms with Crippen molar-refractivity contribution < 1.29 is 9.53 Å². The third-order valence-corrected chi connectivity index (χ3v) is 3.93. The summed E-state index contributed by atoms with van der Waals surface area (Å²) in [5.74, 6) is 1.70. The summed E-state index contributed by atoms with van der Waals surface area (Å²) in [7, 11) is 3.87. The van der Waals surface area contributed by atoms with E-state index in [0.29, 0.717) is 13.2 Å². The Morgan fingerprint density at radius 1 is 1.33 bits per heavy atom. The molecule has 0 saturated carbocycles. The minimum Gasteiger partial charge on any atom is -0.491 e. The number of aryl methyl sites for hydroxylation is 1. The van der Waals surface area contributed by atoms with E-state index in [9.17, 15) is 4.79 Å². The highest BCUT2D eigenvalue weighted by Gasteiger charge is 2.25. The number of benzene rings is 1. The number of anilines is 1. The molecule has 2 amide bonds. The first-order valence-electron chi connectivity index (χ1n) is 7.94. The number of pyridine rings is 1. The molecular weight excluding hydrogens is 304 g/mol. The van der Waals surface area contributed by atoms with Crippen molar-refractivity contribution in [1.29, 1.82) is 0 Å². The van der Waals surface area contributed by atoms with Crippen molar-refractivity contribution in [3.63, 3.8) is 0 Å². The molecule has 3 rings (SSSR count). The van der Waals surface area contributed by atoms with E-state index in [4.69, 9.17) is 4.74 Å². The Morgan fingerprint density at radius 3 is 2.96 bits per heavy atom. The molecule has 0 radical (unpaired) electrons.